The third-order valence-electron chi connectivity index (χ3n) is 4.97. The number of likely N-dealkylation sites (tertiary alicyclic amines) is 1. The molecule has 2 aromatic rings. The van der Waals surface area contributed by atoms with Crippen molar-refractivity contribution >= 4 is 11.6 Å². The summed E-state index contributed by atoms with van der Waals surface area (Å²) in [5.74, 6) is 0.496. The Morgan fingerprint density at radius 2 is 2.08 bits per heavy atom. The molecule has 1 saturated heterocycles. The number of hydrogen-bond acceptors (Lipinski definition) is 3. The fourth-order valence-electron chi connectivity index (χ4n) is 3.50. The molecule has 3 rings (SSSR count). The molecule has 1 aliphatic heterocycles. The second kappa shape index (κ2) is 9.36. The number of para-hydroxylation sites is 1. The molecule has 0 bridgehead atoms. The van der Waals surface area contributed by atoms with Crippen molar-refractivity contribution in [3.8, 4) is 5.75 Å². The highest BCUT2D eigenvalue weighted by atomic mass is 35.5. The molecule has 26 heavy (non-hydrogen) atoms. The Balaban J connectivity index is 1.56. The Morgan fingerprint density at radius 1 is 1.23 bits per heavy atom. The van der Waals surface area contributed by atoms with E-state index in [2.05, 4.69) is 23.2 Å². The maximum absolute atomic E-state index is 13.2. The fourth-order valence-corrected chi connectivity index (χ4v) is 3.72. The first-order valence-electron chi connectivity index (χ1n) is 9.26. The van der Waals surface area contributed by atoms with Gasteiger partial charge in [-0.25, -0.2) is 4.39 Å². The standard InChI is InChI=1S/C21H26ClFN2O/c1-2-25-11-5-7-19(25)14-24-13-16-6-3-4-8-21(16)26-15-17-9-10-18(23)12-20(17)22/h3-4,6,8-10,12,19,24H,2,5,7,11,13-15H2,1H3/t19-/m1/s1. The van der Waals surface area contributed by atoms with E-state index in [0.29, 0.717) is 17.7 Å². The molecule has 1 N–H and O–H groups in total. The second-order valence-corrected chi connectivity index (χ2v) is 7.09. The van der Waals surface area contributed by atoms with Gasteiger partial charge in [0.05, 0.1) is 5.02 Å². The van der Waals surface area contributed by atoms with Crippen molar-refractivity contribution in [1.82, 2.24) is 10.2 Å². The van der Waals surface area contributed by atoms with Crippen LogP contribution in [0, 0.1) is 5.82 Å². The van der Waals surface area contributed by atoms with E-state index < -0.39 is 0 Å². The smallest absolute Gasteiger partial charge is 0.124 e. The van der Waals surface area contributed by atoms with Crippen molar-refractivity contribution in [2.75, 3.05) is 19.6 Å². The molecule has 1 heterocycles. The van der Waals surface area contributed by atoms with Gasteiger partial charge in [0.25, 0.3) is 0 Å². The molecular formula is C21H26ClFN2O. The van der Waals surface area contributed by atoms with Crippen molar-refractivity contribution < 1.29 is 9.13 Å². The second-order valence-electron chi connectivity index (χ2n) is 6.69. The van der Waals surface area contributed by atoms with Crippen LogP contribution in [0.2, 0.25) is 5.02 Å². The Morgan fingerprint density at radius 3 is 2.88 bits per heavy atom. The zero-order chi connectivity index (χ0) is 18.4. The summed E-state index contributed by atoms with van der Waals surface area (Å²) in [6, 6.07) is 13.0. The van der Waals surface area contributed by atoms with Crippen LogP contribution in [0.4, 0.5) is 4.39 Å². The molecule has 0 spiro atoms. The minimum atomic E-state index is -0.337. The summed E-state index contributed by atoms with van der Waals surface area (Å²) >= 11 is 6.08. The van der Waals surface area contributed by atoms with Crippen LogP contribution in [0.3, 0.4) is 0 Å². The van der Waals surface area contributed by atoms with Crippen molar-refractivity contribution in [1.29, 1.82) is 0 Å². The molecule has 1 atom stereocenters. The molecule has 140 valence electrons. The molecular weight excluding hydrogens is 351 g/mol. The molecule has 5 heteroatoms. The summed E-state index contributed by atoms with van der Waals surface area (Å²) in [5, 5.41) is 3.96. The first kappa shape index (κ1) is 19.2. The van der Waals surface area contributed by atoms with Gasteiger partial charge in [0.1, 0.15) is 18.2 Å². The van der Waals surface area contributed by atoms with Crippen LogP contribution in [0.5, 0.6) is 5.75 Å². The van der Waals surface area contributed by atoms with Crippen LogP contribution in [-0.4, -0.2) is 30.6 Å². The van der Waals surface area contributed by atoms with Crippen molar-refractivity contribution in [3.63, 3.8) is 0 Å². The zero-order valence-electron chi connectivity index (χ0n) is 15.2. The lowest BCUT2D eigenvalue weighted by atomic mass is 10.1. The van der Waals surface area contributed by atoms with E-state index in [4.69, 9.17) is 16.3 Å². The number of nitrogens with one attached hydrogen (secondary N) is 1. The van der Waals surface area contributed by atoms with Gasteiger partial charge in [0.15, 0.2) is 0 Å². The molecule has 1 aliphatic rings. The number of hydrogen-bond donors (Lipinski definition) is 1. The molecule has 0 unspecified atom stereocenters. The van der Waals surface area contributed by atoms with Crippen molar-refractivity contribution in [2.45, 2.75) is 39.0 Å². The van der Waals surface area contributed by atoms with Gasteiger partial charge >= 0.3 is 0 Å². The third-order valence-corrected chi connectivity index (χ3v) is 5.32. The number of ether oxygens (including phenoxy) is 1. The maximum Gasteiger partial charge on any atom is 0.124 e. The van der Waals surface area contributed by atoms with Gasteiger partial charge in [-0.15, -0.1) is 0 Å². The Labute approximate surface area is 160 Å². The lowest BCUT2D eigenvalue weighted by Crippen LogP contribution is -2.37. The first-order valence-corrected chi connectivity index (χ1v) is 9.64. The van der Waals surface area contributed by atoms with E-state index in [0.717, 1.165) is 36.5 Å². The minimum Gasteiger partial charge on any atom is -0.489 e. The van der Waals surface area contributed by atoms with Crippen LogP contribution in [0.25, 0.3) is 0 Å². The van der Waals surface area contributed by atoms with Gasteiger partial charge < -0.3 is 10.1 Å². The van der Waals surface area contributed by atoms with Crippen molar-refractivity contribution in [3.05, 3.63) is 64.4 Å². The highest BCUT2D eigenvalue weighted by Gasteiger charge is 2.22. The Bertz CT molecular complexity index is 725. The molecule has 0 amide bonds. The van der Waals surface area contributed by atoms with Crippen LogP contribution in [0.15, 0.2) is 42.5 Å². The molecule has 0 aliphatic carbocycles. The van der Waals surface area contributed by atoms with Crippen LogP contribution < -0.4 is 10.1 Å². The lowest BCUT2D eigenvalue weighted by molar-refractivity contribution is 0.259. The average molecular weight is 377 g/mol. The predicted molar refractivity (Wildman–Crippen MR) is 104 cm³/mol. The largest absolute Gasteiger partial charge is 0.489 e. The summed E-state index contributed by atoms with van der Waals surface area (Å²) in [7, 11) is 0. The van der Waals surface area contributed by atoms with E-state index in [1.807, 2.05) is 18.2 Å². The summed E-state index contributed by atoms with van der Waals surface area (Å²) in [6.07, 6.45) is 2.56. The molecule has 0 radical (unpaired) electrons. The van der Waals surface area contributed by atoms with Gasteiger partial charge in [-0.05, 0) is 44.1 Å². The summed E-state index contributed by atoms with van der Waals surface area (Å²) in [6.45, 7) is 6.63. The number of rotatable bonds is 8. The van der Waals surface area contributed by atoms with Crippen molar-refractivity contribution in [2.24, 2.45) is 0 Å². The maximum atomic E-state index is 13.2. The SMILES string of the molecule is CCN1CCC[C@@H]1CNCc1ccccc1OCc1ccc(F)cc1Cl. The Hall–Kier alpha value is -1.62. The molecule has 2 aromatic carbocycles. The van der Waals surface area contributed by atoms with Gasteiger partial charge in [0, 0.05) is 30.3 Å². The molecule has 0 saturated carbocycles. The highest BCUT2D eigenvalue weighted by molar-refractivity contribution is 6.31. The van der Waals surface area contributed by atoms with E-state index in [1.54, 1.807) is 6.07 Å². The monoisotopic (exact) mass is 376 g/mol. The predicted octanol–water partition coefficient (Wildman–Crippen LogP) is 4.63. The highest BCUT2D eigenvalue weighted by Crippen LogP contribution is 2.23. The van der Waals surface area contributed by atoms with Gasteiger partial charge in [-0.1, -0.05) is 42.8 Å². The van der Waals surface area contributed by atoms with Crippen LogP contribution in [0.1, 0.15) is 30.9 Å². The lowest BCUT2D eigenvalue weighted by Gasteiger charge is -2.23. The fraction of sp³-hybridized carbons (Fsp3) is 0.429. The first-order chi connectivity index (χ1) is 12.7. The van der Waals surface area contributed by atoms with E-state index in [-0.39, 0.29) is 5.82 Å². The van der Waals surface area contributed by atoms with E-state index in [9.17, 15) is 4.39 Å². The summed E-state index contributed by atoms with van der Waals surface area (Å²) < 4.78 is 19.1. The van der Waals surface area contributed by atoms with Crippen LogP contribution in [-0.2, 0) is 13.2 Å². The van der Waals surface area contributed by atoms with E-state index in [1.165, 1.54) is 31.5 Å². The number of halogens is 2. The normalized spacial score (nSPS) is 17.6. The van der Waals surface area contributed by atoms with Gasteiger partial charge in [0.2, 0.25) is 0 Å². The number of nitrogens with zero attached hydrogens (tertiary/aromatic N) is 1. The average Bonchev–Trinajstić information content (AvgIpc) is 3.09. The van der Waals surface area contributed by atoms with Gasteiger partial charge in [-0.3, -0.25) is 4.90 Å². The van der Waals surface area contributed by atoms with Gasteiger partial charge in [-0.2, -0.15) is 0 Å². The molecule has 0 aromatic heterocycles. The third kappa shape index (κ3) is 4.97. The number of benzene rings is 2. The number of likely N-dealkylation sites (N-methyl/N-ethyl adjacent to an activating group) is 1. The summed E-state index contributed by atoms with van der Waals surface area (Å²) in [4.78, 5) is 2.53. The summed E-state index contributed by atoms with van der Waals surface area (Å²) in [5.41, 5.74) is 1.90. The zero-order valence-corrected chi connectivity index (χ0v) is 15.9. The Kier molecular flexibility index (Phi) is 6.89. The minimum absolute atomic E-state index is 0.322. The topological polar surface area (TPSA) is 24.5 Å². The molecule has 3 nitrogen and oxygen atoms in total. The van der Waals surface area contributed by atoms with Crippen LogP contribution >= 0.6 is 11.6 Å². The molecule has 1 fully saturated rings. The quantitative estimate of drug-likeness (QED) is 0.726. The van der Waals surface area contributed by atoms with E-state index >= 15 is 0 Å².